The molecule has 0 spiro atoms. The third-order valence-electron chi connectivity index (χ3n) is 5.73. The minimum atomic E-state index is 0.0840. The molecule has 1 aromatic heterocycles. The van der Waals surface area contributed by atoms with Gasteiger partial charge in [-0.2, -0.15) is 0 Å². The molecule has 0 aromatic carbocycles. The summed E-state index contributed by atoms with van der Waals surface area (Å²) in [5.41, 5.74) is 0.0840. The lowest BCUT2D eigenvalue weighted by atomic mass is 9.91. The summed E-state index contributed by atoms with van der Waals surface area (Å²) in [6, 6.07) is 0. The number of unbranched alkanes of at least 4 members (excludes halogenated alkanes) is 13. The van der Waals surface area contributed by atoms with Crippen LogP contribution in [-0.4, -0.2) is 20.2 Å². The van der Waals surface area contributed by atoms with E-state index in [1.54, 1.807) is 6.33 Å². The van der Waals surface area contributed by atoms with E-state index < -0.39 is 0 Å². The molecule has 0 N–H and O–H groups in total. The highest BCUT2D eigenvalue weighted by atomic mass is 15.5. The predicted molar refractivity (Wildman–Crippen MR) is 107 cm³/mol. The van der Waals surface area contributed by atoms with Crippen LogP contribution in [0.3, 0.4) is 0 Å². The van der Waals surface area contributed by atoms with Crippen molar-refractivity contribution in [2.45, 2.75) is 129 Å². The van der Waals surface area contributed by atoms with Crippen LogP contribution in [0.2, 0.25) is 0 Å². The topological polar surface area (TPSA) is 43.6 Å². The molecule has 1 rings (SSSR count). The number of tetrazole rings is 1. The Morgan fingerprint density at radius 1 is 0.720 bits per heavy atom. The SMILES string of the molecule is CCCCCCCCCCCCCCCCC(C)(CC)n1cnnn1. The largest absolute Gasteiger partial charge is 0.227 e. The normalized spacial score (nSPS) is 13.9. The summed E-state index contributed by atoms with van der Waals surface area (Å²) >= 11 is 0. The number of nitrogens with zero attached hydrogens (tertiary/aromatic N) is 4. The molecule has 146 valence electrons. The second kappa shape index (κ2) is 14.3. The Hall–Kier alpha value is -0.930. The summed E-state index contributed by atoms with van der Waals surface area (Å²) < 4.78 is 1.94. The van der Waals surface area contributed by atoms with Crippen LogP contribution in [0.5, 0.6) is 0 Å². The molecule has 4 nitrogen and oxygen atoms in total. The summed E-state index contributed by atoms with van der Waals surface area (Å²) in [6.07, 6.45) is 23.8. The Labute approximate surface area is 156 Å². The van der Waals surface area contributed by atoms with Gasteiger partial charge in [-0.15, -0.1) is 5.10 Å². The summed E-state index contributed by atoms with van der Waals surface area (Å²) in [5.74, 6) is 0. The first kappa shape index (κ1) is 22.1. The Balaban J connectivity index is 1.89. The van der Waals surface area contributed by atoms with Crippen molar-refractivity contribution in [3.8, 4) is 0 Å². The van der Waals surface area contributed by atoms with Crippen LogP contribution < -0.4 is 0 Å². The monoisotopic (exact) mass is 350 g/mol. The molecule has 0 saturated heterocycles. The molecule has 0 radical (unpaired) electrons. The maximum absolute atomic E-state index is 4.10. The molecule has 0 amide bonds. The smallest absolute Gasteiger partial charge is 0.138 e. The first-order chi connectivity index (χ1) is 12.2. The van der Waals surface area contributed by atoms with E-state index in [4.69, 9.17) is 0 Å². The lowest BCUT2D eigenvalue weighted by Gasteiger charge is -2.27. The van der Waals surface area contributed by atoms with Crippen molar-refractivity contribution >= 4 is 0 Å². The lowest BCUT2D eigenvalue weighted by molar-refractivity contribution is 0.239. The number of rotatable bonds is 17. The van der Waals surface area contributed by atoms with E-state index in [9.17, 15) is 0 Å². The first-order valence-electron chi connectivity index (χ1n) is 11.0. The zero-order chi connectivity index (χ0) is 18.2. The molecular weight excluding hydrogens is 308 g/mol. The molecule has 1 unspecified atom stereocenters. The second-order valence-corrected chi connectivity index (χ2v) is 7.95. The molecule has 0 aliphatic rings. The third kappa shape index (κ3) is 9.96. The number of hydrogen-bond donors (Lipinski definition) is 0. The van der Waals surface area contributed by atoms with Gasteiger partial charge >= 0.3 is 0 Å². The molecule has 1 heterocycles. The van der Waals surface area contributed by atoms with Gasteiger partial charge in [-0.1, -0.05) is 104 Å². The van der Waals surface area contributed by atoms with E-state index in [1.807, 2.05) is 4.68 Å². The van der Waals surface area contributed by atoms with E-state index in [-0.39, 0.29) is 5.54 Å². The van der Waals surface area contributed by atoms with Crippen LogP contribution >= 0.6 is 0 Å². The molecule has 4 heteroatoms. The molecule has 25 heavy (non-hydrogen) atoms. The van der Waals surface area contributed by atoms with Gasteiger partial charge in [-0.3, -0.25) is 0 Å². The minimum Gasteiger partial charge on any atom is -0.227 e. The third-order valence-corrected chi connectivity index (χ3v) is 5.73. The maximum Gasteiger partial charge on any atom is 0.138 e. The van der Waals surface area contributed by atoms with Gasteiger partial charge in [0.15, 0.2) is 0 Å². The molecule has 0 aliphatic carbocycles. The van der Waals surface area contributed by atoms with Crippen LogP contribution in [0.1, 0.15) is 124 Å². The average molecular weight is 351 g/mol. The van der Waals surface area contributed by atoms with E-state index >= 15 is 0 Å². The van der Waals surface area contributed by atoms with Crippen molar-refractivity contribution in [3.63, 3.8) is 0 Å². The van der Waals surface area contributed by atoms with Gasteiger partial charge in [-0.25, -0.2) is 4.68 Å². The van der Waals surface area contributed by atoms with Gasteiger partial charge in [0.2, 0.25) is 0 Å². The van der Waals surface area contributed by atoms with Crippen LogP contribution in [0, 0.1) is 0 Å². The average Bonchev–Trinajstić information content (AvgIpc) is 3.17. The fourth-order valence-electron chi connectivity index (χ4n) is 3.56. The summed E-state index contributed by atoms with van der Waals surface area (Å²) in [6.45, 7) is 6.79. The van der Waals surface area contributed by atoms with E-state index in [1.165, 1.54) is 96.3 Å². The quantitative estimate of drug-likeness (QED) is 0.295. The zero-order valence-corrected chi connectivity index (χ0v) is 17.2. The van der Waals surface area contributed by atoms with E-state index in [0.29, 0.717) is 0 Å². The molecule has 1 aromatic rings. The number of aromatic nitrogens is 4. The molecule has 0 saturated carbocycles. The van der Waals surface area contributed by atoms with Crippen molar-refractivity contribution < 1.29 is 0 Å². The molecular formula is C21H42N4. The fourth-order valence-corrected chi connectivity index (χ4v) is 3.56. The van der Waals surface area contributed by atoms with Gasteiger partial charge in [0, 0.05) is 0 Å². The highest BCUT2D eigenvalue weighted by Crippen LogP contribution is 2.26. The van der Waals surface area contributed by atoms with E-state index in [0.717, 1.165) is 6.42 Å². The standard InChI is InChI=1S/C21H42N4/c1-4-6-7-8-9-10-11-12-13-14-15-16-17-18-19-21(3,5-2)25-20-22-23-24-25/h20H,4-19H2,1-3H3. The van der Waals surface area contributed by atoms with Crippen molar-refractivity contribution in [1.29, 1.82) is 0 Å². The van der Waals surface area contributed by atoms with Crippen molar-refractivity contribution in [1.82, 2.24) is 20.2 Å². The molecule has 0 fully saturated rings. The van der Waals surface area contributed by atoms with Gasteiger partial charge in [0.05, 0.1) is 5.54 Å². The van der Waals surface area contributed by atoms with Gasteiger partial charge < -0.3 is 0 Å². The lowest BCUT2D eigenvalue weighted by Crippen LogP contribution is -2.30. The highest BCUT2D eigenvalue weighted by molar-refractivity contribution is 4.78. The van der Waals surface area contributed by atoms with Gasteiger partial charge in [0.25, 0.3) is 0 Å². The molecule has 0 bridgehead atoms. The summed E-state index contributed by atoms with van der Waals surface area (Å²) in [7, 11) is 0. The van der Waals surface area contributed by atoms with Gasteiger partial charge in [-0.05, 0) is 30.2 Å². The summed E-state index contributed by atoms with van der Waals surface area (Å²) in [4.78, 5) is 0. The fraction of sp³-hybridized carbons (Fsp3) is 0.952. The van der Waals surface area contributed by atoms with Gasteiger partial charge in [0.1, 0.15) is 6.33 Å². The Morgan fingerprint density at radius 3 is 1.60 bits per heavy atom. The minimum absolute atomic E-state index is 0.0840. The van der Waals surface area contributed by atoms with Crippen LogP contribution in [-0.2, 0) is 5.54 Å². The Bertz CT molecular complexity index is 391. The molecule has 1 atom stereocenters. The second-order valence-electron chi connectivity index (χ2n) is 7.95. The Kier molecular flexibility index (Phi) is 12.6. The zero-order valence-electron chi connectivity index (χ0n) is 17.2. The maximum atomic E-state index is 4.10. The highest BCUT2D eigenvalue weighted by Gasteiger charge is 2.24. The first-order valence-corrected chi connectivity index (χ1v) is 11.0. The van der Waals surface area contributed by atoms with E-state index in [2.05, 4.69) is 36.3 Å². The van der Waals surface area contributed by atoms with Crippen LogP contribution in [0.25, 0.3) is 0 Å². The van der Waals surface area contributed by atoms with Crippen molar-refractivity contribution in [2.24, 2.45) is 0 Å². The van der Waals surface area contributed by atoms with Crippen molar-refractivity contribution in [2.75, 3.05) is 0 Å². The van der Waals surface area contributed by atoms with Crippen LogP contribution in [0.4, 0.5) is 0 Å². The predicted octanol–water partition coefficient (Wildman–Crippen LogP) is 6.67. The van der Waals surface area contributed by atoms with Crippen LogP contribution in [0.15, 0.2) is 6.33 Å². The molecule has 0 aliphatic heterocycles. The Morgan fingerprint density at radius 2 is 1.20 bits per heavy atom. The summed E-state index contributed by atoms with van der Waals surface area (Å²) in [5, 5.41) is 11.7. The van der Waals surface area contributed by atoms with Crippen molar-refractivity contribution in [3.05, 3.63) is 6.33 Å². The number of hydrogen-bond acceptors (Lipinski definition) is 3.